The topological polar surface area (TPSA) is 56.8 Å². The van der Waals surface area contributed by atoms with Crippen LogP contribution in [0.3, 0.4) is 0 Å². The fraction of sp³-hybridized carbons (Fsp3) is 0.278. The third-order valence-electron chi connectivity index (χ3n) is 3.92. The Bertz CT molecular complexity index is 714. The highest BCUT2D eigenvalue weighted by Crippen LogP contribution is 2.32. The predicted octanol–water partition coefficient (Wildman–Crippen LogP) is 2.96. The number of carbonyl (C=O) groups is 1. The first-order valence-corrected chi connectivity index (χ1v) is 7.47. The fourth-order valence-corrected chi connectivity index (χ4v) is 2.71. The van der Waals surface area contributed by atoms with E-state index in [1.807, 2.05) is 24.3 Å². The van der Waals surface area contributed by atoms with Gasteiger partial charge in [-0.05, 0) is 18.2 Å². The lowest BCUT2D eigenvalue weighted by atomic mass is 10.00. The summed E-state index contributed by atoms with van der Waals surface area (Å²) in [6.07, 6.45) is 0.737. The molecule has 2 aromatic carbocycles. The van der Waals surface area contributed by atoms with Gasteiger partial charge in [0, 0.05) is 18.1 Å². The number of ether oxygens (including phenoxy) is 3. The summed E-state index contributed by atoms with van der Waals surface area (Å²) in [6, 6.07) is 12.8. The molecule has 5 nitrogen and oxygen atoms in total. The lowest BCUT2D eigenvalue weighted by Gasteiger charge is -2.26. The van der Waals surface area contributed by atoms with Crippen molar-refractivity contribution in [3.05, 3.63) is 53.6 Å². The Morgan fingerprint density at radius 3 is 2.78 bits per heavy atom. The lowest BCUT2D eigenvalue weighted by Crippen LogP contribution is -2.32. The molecule has 1 aliphatic rings. The van der Waals surface area contributed by atoms with Crippen LogP contribution in [-0.2, 0) is 0 Å². The van der Waals surface area contributed by atoms with E-state index >= 15 is 0 Å². The van der Waals surface area contributed by atoms with Crippen LogP contribution in [0.2, 0.25) is 0 Å². The van der Waals surface area contributed by atoms with E-state index in [2.05, 4.69) is 5.32 Å². The maximum atomic E-state index is 12.6. The SMILES string of the molecule is COc1ccc(C(=O)N[C@@H]2CCOc3ccccc32)c(OC)c1. The van der Waals surface area contributed by atoms with Gasteiger partial charge in [-0.25, -0.2) is 0 Å². The van der Waals surface area contributed by atoms with Crippen LogP contribution in [0.15, 0.2) is 42.5 Å². The molecule has 0 aromatic heterocycles. The number of methoxy groups -OCH3 is 2. The molecule has 2 aromatic rings. The summed E-state index contributed by atoms with van der Waals surface area (Å²) in [5, 5.41) is 3.06. The van der Waals surface area contributed by atoms with Crippen molar-refractivity contribution in [3.63, 3.8) is 0 Å². The van der Waals surface area contributed by atoms with Crippen LogP contribution in [0, 0.1) is 0 Å². The molecule has 0 spiro atoms. The number of para-hydroxylation sites is 1. The standard InChI is InChI=1S/C18H19NO4/c1-21-12-7-8-14(17(11-12)22-2)18(20)19-15-9-10-23-16-6-4-3-5-13(15)16/h3-8,11,15H,9-10H2,1-2H3,(H,19,20)/t15-/m1/s1. The normalized spacial score (nSPS) is 16.0. The van der Waals surface area contributed by atoms with Crippen LogP contribution in [0.5, 0.6) is 17.2 Å². The maximum absolute atomic E-state index is 12.6. The third-order valence-corrected chi connectivity index (χ3v) is 3.92. The zero-order valence-corrected chi connectivity index (χ0v) is 13.2. The van der Waals surface area contributed by atoms with E-state index in [0.29, 0.717) is 23.7 Å². The van der Waals surface area contributed by atoms with Gasteiger partial charge >= 0.3 is 0 Å². The Balaban J connectivity index is 1.83. The molecule has 23 heavy (non-hydrogen) atoms. The second-order valence-corrected chi connectivity index (χ2v) is 5.27. The molecule has 0 bridgehead atoms. The van der Waals surface area contributed by atoms with Crippen molar-refractivity contribution in [2.45, 2.75) is 12.5 Å². The first-order chi connectivity index (χ1) is 11.2. The summed E-state index contributed by atoms with van der Waals surface area (Å²) in [7, 11) is 3.11. The Morgan fingerprint density at radius 2 is 2.00 bits per heavy atom. The third kappa shape index (κ3) is 3.08. The second-order valence-electron chi connectivity index (χ2n) is 5.27. The van der Waals surface area contributed by atoms with Crippen LogP contribution in [0.4, 0.5) is 0 Å². The van der Waals surface area contributed by atoms with Crippen LogP contribution in [0.25, 0.3) is 0 Å². The summed E-state index contributed by atoms with van der Waals surface area (Å²) in [4.78, 5) is 12.6. The summed E-state index contributed by atoms with van der Waals surface area (Å²) in [5.41, 5.74) is 1.48. The van der Waals surface area contributed by atoms with E-state index in [-0.39, 0.29) is 11.9 Å². The fourth-order valence-electron chi connectivity index (χ4n) is 2.71. The van der Waals surface area contributed by atoms with E-state index < -0.39 is 0 Å². The van der Waals surface area contributed by atoms with Crippen LogP contribution in [0.1, 0.15) is 28.4 Å². The molecule has 0 aliphatic carbocycles. The molecule has 0 radical (unpaired) electrons. The first-order valence-electron chi connectivity index (χ1n) is 7.47. The minimum absolute atomic E-state index is 0.0701. The number of hydrogen-bond acceptors (Lipinski definition) is 4. The van der Waals surface area contributed by atoms with Crippen molar-refractivity contribution in [1.82, 2.24) is 5.32 Å². The maximum Gasteiger partial charge on any atom is 0.255 e. The highest BCUT2D eigenvalue weighted by atomic mass is 16.5. The molecule has 5 heteroatoms. The number of benzene rings is 2. The minimum atomic E-state index is -0.175. The number of carbonyl (C=O) groups excluding carboxylic acids is 1. The summed E-state index contributed by atoms with van der Waals surface area (Å²) >= 11 is 0. The number of nitrogens with one attached hydrogen (secondary N) is 1. The van der Waals surface area contributed by atoms with E-state index in [1.54, 1.807) is 25.3 Å². The van der Waals surface area contributed by atoms with Gasteiger partial charge in [-0.15, -0.1) is 0 Å². The minimum Gasteiger partial charge on any atom is -0.497 e. The second kappa shape index (κ2) is 6.60. The molecule has 0 fully saturated rings. The van der Waals surface area contributed by atoms with Gasteiger partial charge in [0.05, 0.1) is 32.4 Å². The van der Waals surface area contributed by atoms with Gasteiger partial charge in [-0.1, -0.05) is 18.2 Å². The molecular weight excluding hydrogens is 294 g/mol. The molecule has 1 aliphatic heterocycles. The molecule has 120 valence electrons. The highest BCUT2D eigenvalue weighted by Gasteiger charge is 2.24. The van der Waals surface area contributed by atoms with Crippen LogP contribution < -0.4 is 19.5 Å². The van der Waals surface area contributed by atoms with Gasteiger partial charge in [0.2, 0.25) is 0 Å². The van der Waals surface area contributed by atoms with Gasteiger partial charge in [0.15, 0.2) is 0 Å². The van der Waals surface area contributed by atoms with E-state index in [9.17, 15) is 4.79 Å². The highest BCUT2D eigenvalue weighted by molar-refractivity contribution is 5.97. The van der Waals surface area contributed by atoms with E-state index in [0.717, 1.165) is 17.7 Å². The molecule has 1 amide bonds. The van der Waals surface area contributed by atoms with Gasteiger partial charge in [0.1, 0.15) is 17.2 Å². The van der Waals surface area contributed by atoms with Crippen molar-refractivity contribution in [3.8, 4) is 17.2 Å². The van der Waals surface area contributed by atoms with Crippen molar-refractivity contribution < 1.29 is 19.0 Å². The van der Waals surface area contributed by atoms with Gasteiger partial charge in [0.25, 0.3) is 5.91 Å². The van der Waals surface area contributed by atoms with Gasteiger partial charge in [-0.3, -0.25) is 4.79 Å². The van der Waals surface area contributed by atoms with E-state index in [1.165, 1.54) is 7.11 Å². The zero-order valence-electron chi connectivity index (χ0n) is 13.2. The first kappa shape index (κ1) is 15.2. The summed E-state index contributed by atoms with van der Waals surface area (Å²) in [5.74, 6) is 1.79. The van der Waals surface area contributed by atoms with Crippen LogP contribution >= 0.6 is 0 Å². The number of hydrogen-bond donors (Lipinski definition) is 1. The Hall–Kier alpha value is -2.69. The Morgan fingerprint density at radius 1 is 1.17 bits per heavy atom. The Kier molecular flexibility index (Phi) is 4.37. The number of fused-ring (bicyclic) bond motifs is 1. The van der Waals surface area contributed by atoms with Crippen molar-refractivity contribution >= 4 is 5.91 Å². The van der Waals surface area contributed by atoms with Crippen LogP contribution in [-0.4, -0.2) is 26.7 Å². The van der Waals surface area contributed by atoms with Crippen molar-refractivity contribution in [2.75, 3.05) is 20.8 Å². The summed E-state index contributed by atoms with van der Waals surface area (Å²) in [6.45, 7) is 0.585. The largest absolute Gasteiger partial charge is 0.497 e. The summed E-state index contributed by atoms with van der Waals surface area (Å²) < 4.78 is 16.1. The molecule has 0 unspecified atom stereocenters. The van der Waals surface area contributed by atoms with Gasteiger partial charge in [-0.2, -0.15) is 0 Å². The number of rotatable bonds is 4. The molecule has 3 rings (SSSR count). The monoisotopic (exact) mass is 313 g/mol. The van der Waals surface area contributed by atoms with Crippen molar-refractivity contribution in [2.24, 2.45) is 0 Å². The molecular formula is C18H19NO4. The zero-order chi connectivity index (χ0) is 16.2. The average molecular weight is 313 g/mol. The number of amides is 1. The lowest BCUT2D eigenvalue weighted by molar-refractivity contribution is 0.0921. The van der Waals surface area contributed by atoms with E-state index in [4.69, 9.17) is 14.2 Å². The predicted molar refractivity (Wildman–Crippen MR) is 86.3 cm³/mol. The van der Waals surface area contributed by atoms with Crippen molar-refractivity contribution in [1.29, 1.82) is 0 Å². The quantitative estimate of drug-likeness (QED) is 0.943. The molecule has 1 heterocycles. The van der Waals surface area contributed by atoms with Gasteiger partial charge < -0.3 is 19.5 Å². The smallest absolute Gasteiger partial charge is 0.255 e. The molecule has 0 saturated carbocycles. The average Bonchev–Trinajstić information content (AvgIpc) is 2.61. The Labute approximate surface area is 135 Å². The molecule has 0 saturated heterocycles. The molecule has 1 atom stereocenters. The molecule has 1 N–H and O–H groups in total.